The second kappa shape index (κ2) is 8.60. The van der Waals surface area contributed by atoms with Gasteiger partial charge in [0.25, 0.3) is 10.6 Å². The third-order valence-electron chi connectivity index (χ3n) is 5.11. The summed E-state index contributed by atoms with van der Waals surface area (Å²) in [4.78, 5) is 16.5. The number of nitrogens with zero attached hydrogens (tertiary/aromatic N) is 3. The van der Waals surface area contributed by atoms with Gasteiger partial charge in [-0.15, -0.1) is 11.3 Å². The van der Waals surface area contributed by atoms with Gasteiger partial charge in [-0.25, -0.2) is 0 Å². The first-order valence-electron chi connectivity index (χ1n) is 9.70. The molecule has 0 saturated heterocycles. The molecule has 31 heavy (non-hydrogen) atoms. The quantitative estimate of drug-likeness (QED) is 0.390. The van der Waals surface area contributed by atoms with Crippen LogP contribution >= 0.6 is 57.4 Å². The molecule has 9 heteroatoms. The molecular formula is C22H19ClN3OS4+. The van der Waals surface area contributed by atoms with Crippen LogP contribution in [0.25, 0.3) is 11.1 Å². The number of thiophene rings is 1. The minimum Gasteiger partial charge on any atom is -0.337 e. The molecule has 0 amide bonds. The molecule has 0 N–H and O–H groups in total. The first-order chi connectivity index (χ1) is 15.0. The maximum absolute atomic E-state index is 13.3. The van der Waals surface area contributed by atoms with Crippen molar-refractivity contribution in [3.63, 3.8) is 0 Å². The van der Waals surface area contributed by atoms with E-state index in [9.17, 15) is 4.79 Å². The van der Waals surface area contributed by atoms with Gasteiger partial charge in [-0.1, -0.05) is 34.7 Å². The van der Waals surface area contributed by atoms with E-state index in [0.29, 0.717) is 11.6 Å². The summed E-state index contributed by atoms with van der Waals surface area (Å²) in [7, 11) is 2.01. The maximum Gasteiger partial charge on any atom is 0.271 e. The van der Waals surface area contributed by atoms with Crippen molar-refractivity contribution in [3.8, 4) is 0 Å². The Hall–Kier alpha value is -1.84. The summed E-state index contributed by atoms with van der Waals surface area (Å²) < 4.78 is 5.85. The second-order valence-electron chi connectivity index (χ2n) is 7.04. The largest absolute Gasteiger partial charge is 0.337 e. The highest BCUT2D eigenvalue weighted by Crippen LogP contribution is 2.46. The van der Waals surface area contributed by atoms with Gasteiger partial charge in [0.2, 0.25) is 0 Å². The van der Waals surface area contributed by atoms with Crippen molar-refractivity contribution in [1.82, 2.24) is 4.57 Å². The van der Waals surface area contributed by atoms with E-state index >= 15 is 0 Å². The van der Waals surface area contributed by atoms with Gasteiger partial charge in [0.1, 0.15) is 14.2 Å². The fourth-order valence-corrected chi connectivity index (χ4v) is 7.79. The number of halogens is 1. The average Bonchev–Trinajstić information content (AvgIpc) is 3.52. The molecule has 0 atom stereocenters. The zero-order valence-corrected chi connectivity index (χ0v) is 20.9. The predicted molar refractivity (Wildman–Crippen MR) is 134 cm³/mol. The molecule has 4 heterocycles. The van der Waals surface area contributed by atoms with Crippen LogP contribution in [0.2, 0.25) is 5.02 Å². The Morgan fingerprint density at radius 3 is 2.87 bits per heavy atom. The van der Waals surface area contributed by atoms with E-state index < -0.39 is 0 Å². The molecule has 1 aliphatic heterocycles. The molecule has 0 saturated carbocycles. The van der Waals surface area contributed by atoms with Gasteiger partial charge in [0, 0.05) is 34.5 Å². The maximum atomic E-state index is 13.3. The van der Waals surface area contributed by atoms with Crippen LogP contribution in [0, 0.1) is 0 Å². The van der Waals surface area contributed by atoms with Crippen LogP contribution < -0.4 is 24.2 Å². The second-order valence-corrected chi connectivity index (χ2v) is 11.2. The van der Waals surface area contributed by atoms with Crippen molar-refractivity contribution < 1.29 is 4.57 Å². The summed E-state index contributed by atoms with van der Waals surface area (Å²) >= 11 is 12.8. The predicted octanol–water partition coefficient (Wildman–Crippen LogP) is 4.18. The number of thiazole rings is 2. The van der Waals surface area contributed by atoms with Crippen LogP contribution in [0.15, 0.2) is 56.3 Å². The van der Waals surface area contributed by atoms with E-state index in [1.165, 1.54) is 5.56 Å². The van der Waals surface area contributed by atoms with Gasteiger partial charge >= 0.3 is 0 Å². The molecule has 3 aromatic heterocycles. The van der Waals surface area contributed by atoms with Crippen LogP contribution in [-0.2, 0) is 13.1 Å². The molecule has 0 bridgehead atoms. The summed E-state index contributed by atoms with van der Waals surface area (Å²) in [5, 5.41) is 9.18. The zero-order valence-electron chi connectivity index (χ0n) is 16.9. The number of benzene rings is 1. The van der Waals surface area contributed by atoms with E-state index in [4.69, 9.17) is 11.6 Å². The van der Waals surface area contributed by atoms with Gasteiger partial charge in [-0.2, -0.15) is 15.9 Å². The lowest BCUT2D eigenvalue weighted by molar-refractivity contribution is -0.685. The van der Waals surface area contributed by atoms with E-state index in [-0.39, 0.29) is 5.56 Å². The van der Waals surface area contributed by atoms with Crippen LogP contribution in [0.5, 0.6) is 0 Å². The highest BCUT2D eigenvalue weighted by molar-refractivity contribution is 8.08. The van der Waals surface area contributed by atoms with Gasteiger partial charge in [0.15, 0.2) is 12.7 Å². The number of anilines is 1. The van der Waals surface area contributed by atoms with Gasteiger partial charge < -0.3 is 4.90 Å². The van der Waals surface area contributed by atoms with Crippen LogP contribution in [0.4, 0.5) is 5.69 Å². The first kappa shape index (κ1) is 21.0. The standard InChI is InChI=1S/C22H19ClN3OS4/c1-3-26-19(11-18-25(7-9-29-18)12-14-6-8-28-13-14)31-20(21(26)27)22-24(2)16-5-4-15(23)10-17(16)30-22/h4-11,13H,3,12H2,1-2H3/q+1. The minimum atomic E-state index is 0.0629. The highest BCUT2D eigenvalue weighted by Gasteiger charge is 2.25. The van der Waals surface area contributed by atoms with Gasteiger partial charge in [-0.3, -0.25) is 9.36 Å². The van der Waals surface area contributed by atoms with Crippen molar-refractivity contribution in [2.75, 3.05) is 11.9 Å². The Balaban J connectivity index is 1.63. The monoisotopic (exact) mass is 504 g/mol. The highest BCUT2D eigenvalue weighted by atomic mass is 35.5. The molecule has 0 fully saturated rings. The molecule has 1 aliphatic rings. The van der Waals surface area contributed by atoms with E-state index in [2.05, 4.69) is 43.9 Å². The zero-order chi connectivity index (χ0) is 21.5. The molecule has 5 rings (SSSR count). The first-order valence-corrected chi connectivity index (χ1v) is 13.5. The summed E-state index contributed by atoms with van der Waals surface area (Å²) in [6, 6.07) is 8.01. The van der Waals surface area contributed by atoms with Gasteiger partial charge in [0.05, 0.1) is 17.1 Å². The number of fused-ring (bicyclic) bond motifs is 1. The lowest BCUT2D eigenvalue weighted by atomic mass is 10.3. The summed E-state index contributed by atoms with van der Waals surface area (Å²) in [6.07, 6.45) is 4.24. The Morgan fingerprint density at radius 1 is 1.23 bits per heavy atom. The fourth-order valence-electron chi connectivity index (χ4n) is 3.54. The molecule has 4 nitrogen and oxygen atoms in total. The lowest BCUT2D eigenvalue weighted by Gasteiger charge is -2.12. The number of thioether (sulfide) groups is 1. The molecule has 0 unspecified atom stereocenters. The van der Waals surface area contributed by atoms with Crippen molar-refractivity contribution in [2.24, 2.45) is 0 Å². The third-order valence-corrected chi connectivity index (χ3v) is 9.40. The molecule has 0 aliphatic carbocycles. The smallest absolute Gasteiger partial charge is 0.271 e. The summed E-state index contributed by atoms with van der Waals surface area (Å²) in [5.74, 6) is 0. The molecule has 0 spiro atoms. The Bertz CT molecular complexity index is 1430. The Labute approximate surface area is 201 Å². The number of hydrogen-bond acceptors (Lipinski definition) is 6. The van der Waals surface area contributed by atoms with Crippen LogP contribution in [0.1, 0.15) is 17.5 Å². The molecule has 0 radical (unpaired) electrons. The van der Waals surface area contributed by atoms with Crippen LogP contribution in [-0.4, -0.2) is 11.6 Å². The van der Waals surface area contributed by atoms with E-state index in [1.54, 1.807) is 45.8 Å². The molecule has 4 aromatic rings. The molecular weight excluding hydrogens is 486 g/mol. The molecule has 158 valence electrons. The van der Waals surface area contributed by atoms with Crippen molar-refractivity contribution in [2.45, 2.75) is 24.9 Å². The average molecular weight is 505 g/mol. The van der Waals surface area contributed by atoms with Crippen LogP contribution in [0.3, 0.4) is 0 Å². The van der Waals surface area contributed by atoms with Crippen molar-refractivity contribution >= 4 is 74.2 Å². The summed E-state index contributed by atoms with van der Waals surface area (Å²) in [6.45, 7) is 3.49. The Kier molecular flexibility index (Phi) is 5.83. The fraction of sp³-hybridized carbons (Fsp3) is 0.182. The van der Waals surface area contributed by atoms with E-state index in [1.807, 2.05) is 36.7 Å². The van der Waals surface area contributed by atoms with Gasteiger partial charge in [-0.05, 0) is 36.6 Å². The Morgan fingerprint density at radius 2 is 2.10 bits per heavy atom. The normalized spacial score (nSPS) is 15.7. The number of rotatable bonds is 4. The number of hydrogen-bond donors (Lipinski definition) is 0. The van der Waals surface area contributed by atoms with E-state index in [0.717, 1.165) is 36.4 Å². The lowest BCUT2D eigenvalue weighted by Crippen LogP contribution is -2.36. The summed E-state index contributed by atoms with van der Waals surface area (Å²) in [5.41, 5.74) is 2.43. The number of aromatic nitrogens is 2. The topological polar surface area (TPSA) is 29.1 Å². The minimum absolute atomic E-state index is 0.0629. The molecule has 1 aromatic carbocycles. The van der Waals surface area contributed by atoms with Crippen molar-refractivity contribution in [1.29, 1.82) is 0 Å². The third kappa shape index (κ3) is 3.91. The SMILES string of the molecule is CCn1c(=Cc2scc[n+]2Cc2ccsc2)sc(=C2Sc3cc(Cl)ccc3N2C)c1=O. The van der Waals surface area contributed by atoms with Crippen molar-refractivity contribution in [3.05, 3.63) is 81.7 Å².